The van der Waals surface area contributed by atoms with Crippen molar-refractivity contribution in [3.05, 3.63) is 41.4 Å². The van der Waals surface area contributed by atoms with Gasteiger partial charge in [0.1, 0.15) is 12.0 Å². The van der Waals surface area contributed by atoms with Gasteiger partial charge in [-0.2, -0.15) is 9.97 Å². The number of hydrogen-bond acceptors (Lipinski definition) is 6. The van der Waals surface area contributed by atoms with Gasteiger partial charge in [-0.05, 0) is 30.5 Å². The Morgan fingerprint density at radius 2 is 2.24 bits per heavy atom. The molecule has 1 aliphatic heterocycles. The van der Waals surface area contributed by atoms with Crippen LogP contribution in [0.15, 0.2) is 30.6 Å². The Hall–Kier alpha value is -2.38. The Labute approximate surface area is 150 Å². The van der Waals surface area contributed by atoms with E-state index in [0.717, 1.165) is 30.8 Å². The first kappa shape index (κ1) is 16.1. The summed E-state index contributed by atoms with van der Waals surface area (Å²) in [4.78, 5) is 13.1. The van der Waals surface area contributed by atoms with Gasteiger partial charge >= 0.3 is 0 Å². The van der Waals surface area contributed by atoms with Crippen LogP contribution in [0, 0.1) is 0 Å². The van der Waals surface area contributed by atoms with Gasteiger partial charge in [-0.25, -0.2) is 4.98 Å². The van der Waals surface area contributed by atoms with Gasteiger partial charge in [0, 0.05) is 18.7 Å². The van der Waals surface area contributed by atoms with Crippen LogP contribution in [-0.2, 0) is 11.3 Å². The fraction of sp³-hybridized carbons (Fsp3) is 0.353. The molecule has 1 aliphatic rings. The number of anilines is 1. The third-order valence-corrected chi connectivity index (χ3v) is 4.42. The lowest BCUT2D eigenvalue weighted by Crippen LogP contribution is -2.08. The number of methoxy groups -OCH3 is 1. The fourth-order valence-corrected chi connectivity index (χ4v) is 3.20. The fourth-order valence-electron chi connectivity index (χ4n) is 3.03. The lowest BCUT2D eigenvalue weighted by atomic mass is 10.2. The maximum Gasteiger partial charge on any atom is 0.226 e. The molecule has 25 heavy (non-hydrogen) atoms. The van der Waals surface area contributed by atoms with Crippen LogP contribution in [0.3, 0.4) is 0 Å². The second-order valence-electron chi connectivity index (χ2n) is 5.80. The molecule has 1 unspecified atom stereocenters. The van der Waals surface area contributed by atoms with E-state index in [9.17, 15) is 0 Å². The molecule has 1 atom stereocenters. The molecule has 8 heteroatoms. The first-order valence-corrected chi connectivity index (χ1v) is 8.51. The summed E-state index contributed by atoms with van der Waals surface area (Å²) >= 11 is 6.13. The van der Waals surface area contributed by atoms with Gasteiger partial charge in [-0.1, -0.05) is 18.2 Å². The summed E-state index contributed by atoms with van der Waals surface area (Å²) in [5, 5.41) is 3.47. The molecule has 0 amide bonds. The van der Waals surface area contributed by atoms with Crippen LogP contribution in [0.1, 0.15) is 24.6 Å². The average Bonchev–Trinajstić information content (AvgIpc) is 3.29. The van der Waals surface area contributed by atoms with E-state index in [2.05, 4.69) is 20.3 Å². The summed E-state index contributed by atoms with van der Waals surface area (Å²) in [5.74, 6) is 1.41. The molecule has 3 aromatic rings. The standard InChI is InChI=1S/C17H18ClN5O2/c1-24-12-6-3-2-5-11(12)9-19-15-14-16(22-17(18)21-15)23(10-20-14)13-7-4-8-25-13/h2-3,5-6,10,13H,4,7-9H2,1H3,(H,19,21,22). The molecule has 7 nitrogen and oxygen atoms in total. The molecule has 0 bridgehead atoms. The molecule has 1 N–H and O–H groups in total. The maximum absolute atomic E-state index is 6.13. The third kappa shape index (κ3) is 3.12. The number of hydrogen-bond donors (Lipinski definition) is 1. The highest BCUT2D eigenvalue weighted by molar-refractivity contribution is 6.28. The minimum Gasteiger partial charge on any atom is -0.496 e. The number of rotatable bonds is 5. The number of benzene rings is 1. The molecule has 0 aliphatic carbocycles. The number of para-hydroxylation sites is 1. The first-order chi connectivity index (χ1) is 12.3. The number of aromatic nitrogens is 4. The Morgan fingerprint density at radius 3 is 3.04 bits per heavy atom. The van der Waals surface area contributed by atoms with E-state index in [0.29, 0.717) is 23.5 Å². The average molecular weight is 360 g/mol. The van der Waals surface area contributed by atoms with Crippen molar-refractivity contribution >= 4 is 28.6 Å². The SMILES string of the molecule is COc1ccccc1CNc1nc(Cl)nc2c1ncn2C1CCCO1. The van der Waals surface area contributed by atoms with Crippen molar-refractivity contribution in [1.29, 1.82) is 0 Å². The molecular weight excluding hydrogens is 342 g/mol. The molecule has 1 saturated heterocycles. The highest BCUT2D eigenvalue weighted by Gasteiger charge is 2.22. The maximum atomic E-state index is 6.13. The minimum absolute atomic E-state index is 0.0435. The topological polar surface area (TPSA) is 74.1 Å². The van der Waals surface area contributed by atoms with E-state index in [1.165, 1.54) is 0 Å². The van der Waals surface area contributed by atoms with Crippen LogP contribution in [-0.4, -0.2) is 33.2 Å². The molecule has 1 fully saturated rings. The van der Waals surface area contributed by atoms with E-state index >= 15 is 0 Å². The summed E-state index contributed by atoms with van der Waals surface area (Å²) in [6.45, 7) is 1.29. The van der Waals surface area contributed by atoms with Crippen LogP contribution >= 0.6 is 11.6 Å². The van der Waals surface area contributed by atoms with Crippen LogP contribution in [0.2, 0.25) is 5.28 Å². The summed E-state index contributed by atoms with van der Waals surface area (Å²) in [6.07, 6.45) is 3.66. The minimum atomic E-state index is -0.0435. The second kappa shape index (κ2) is 6.85. The smallest absolute Gasteiger partial charge is 0.226 e. The number of ether oxygens (including phenoxy) is 2. The second-order valence-corrected chi connectivity index (χ2v) is 6.14. The molecule has 4 rings (SSSR count). The first-order valence-electron chi connectivity index (χ1n) is 8.13. The number of nitrogens with zero attached hydrogens (tertiary/aromatic N) is 4. The molecule has 0 saturated carbocycles. The van der Waals surface area contributed by atoms with Crippen molar-refractivity contribution in [3.63, 3.8) is 0 Å². The highest BCUT2D eigenvalue weighted by Crippen LogP contribution is 2.29. The lowest BCUT2D eigenvalue weighted by molar-refractivity contribution is 0.0593. The summed E-state index contributed by atoms with van der Waals surface area (Å²) in [6, 6.07) is 7.82. The van der Waals surface area contributed by atoms with E-state index in [4.69, 9.17) is 21.1 Å². The van der Waals surface area contributed by atoms with Crippen molar-refractivity contribution in [2.45, 2.75) is 25.6 Å². The Balaban J connectivity index is 1.65. The van der Waals surface area contributed by atoms with Gasteiger partial charge < -0.3 is 14.8 Å². The van der Waals surface area contributed by atoms with Crippen LogP contribution in [0.25, 0.3) is 11.2 Å². The van der Waals surface area contributed by atoms with E-state index in [1.807, 2.05) is 28.8 Å². The zero-order valence-corrected chi connectivity index (χ0v) is 14.5. The van der Waals surface area contributed by atoms with Gasteiger partial charge in [0.15, 0.2) is 17.0 Å². The van der Waals surface area contributed by atoms with E-state index < -0.39 is 0 Å². The summed E-state index contributed by atoms with van der Waals surface area (Å²) in [5.41, 5.74) is 2.37. The molecule has 3 heterocycles. The summed E-state index contributed by atoms with van der Waals surface area (Å²) < 4.78 is 13.0. The zero-order valence-electron chi connectivity index (χ0n) is 13.8. The third-order valence-electron chi connectivity index (χ3n) is 4.25. The molecular formula is C17H18ClN5O2. The van der Waals surface area contributed by atoms with Gasteiger partial charge in [-0.3, -0.25) is 4.57 Å². The van der Waals surface area contributed by atoms with Crippen LogP contribution < -0.4 is 10.1 Å². The van der Waals surface area contributed by atoms with Gasteiger partial charge in [0.05, 0.1) is 13.4 Å². The number of nitrogens with one attached hydrogen (secondary N) is 1. The van der Waals surface area contributed by atoms with Crippen molar-refractivity contribution in [2.24, 2.45) is 0 Å². The van der Waals surface area contributed by atoms with Crippen molar-refractivity contribution in [1.82, 2.24) is 19.5 Å². The van der Waals surface area contributed by atoms with Crippen molar-refractivity contribution < 1.29 is 9.47 Å². The van der Waals surface area contributed by atoms with Crippen LogP contribution in [0.4, 0.5) is 5.82 Å². The van der Waals surface area contributed by atoms with Gasteiger partial charge in [-0.15, -0.1) is 0 Å². The molecule has 2 aromatic heterocycles. The predicted octanol–water partition coefficient (Wildman–Crippen LogP) is 3.41. The molecule has 1 aromatic carbocycles. The monoisotopic (exact) mass is 359 g/mol. The number of halogens is 1. The largest absolute Gasteiger partial charge is 0.496 e. The molecule has 0 spiro atoms. The Bertz CT molecular complexity index is 892. The molecule has 130 valence electrons. The van der Waals surface area contributed by atoms with Gasteiger partial charge in [0.2, 0.25) is 5.28 Å². The number of imidazole rings is 1. The Kier molecular flexibility index (Phi) is 4.42. The predicted molar refractivity (Wildman–Crippen MR) is 94.9 cm³/mol. The van der Waals surface area contributed by atoms with Crippen LogP contribution in [0.5, 0.6) is 5.75 Å². The highest BCUT2D eigenvalue weighted by atomic mass is 35.5. The normalized spacial score (nSPS) is 17.1. The van der Waals surface area contributed by atoms with E-state index in [-0.39, 0.29) is 11.5 Å². The summed E-state index contributed by atoms with van der Waals surface area (Å²) in [7, 11) is 1.65. The number of fused-ring (bicyclic) bond motifs is 1. The van der Waals surface area contributed by atoms with E-state index in [1.54, 1.807) is 13.4 Å². The van der Waals surface area contributed by atoms with Crippen molar-refractivity contribution in [2.75, 3.05) is 19.0 Å². The Morgan fingerprint density at radius 1 is 1.36 bits per heavy atom. The quantitative estimate of drug-likeness (QED) is 0.704. The lowest BCUT2D eigenvalue weighted by Gasteiger charge is -2.12. The van der Waals surface area contributed by atoms with Gasteiger partial charge in [0.25, 0.3) is 0 Å². The zero-order chi connectivity index (χ0) is 17.2. The van der Waals surface area contributed by atoms with Crippen molar-refractivity contribution in [3.8, 4) is 5.75 Å². The molecule has 0 radical (unpaired) electrons.